The zero-order chi connectivity index (χ0) is 39.5. The number of nitrogens with one attached hydrogen (secondary N) is 2. The summed E-state index contributed by atoms with van der Waals surface area (Å²) in [7, 11) is 6.67. The molecule has 5 heterocycles. The molecule has 8 heteroatoms. The normalized spacial score (nSPS) is 14.1. The predicted octanol–water partition coefficient (Wildman–Crippen LogP) is 11.3. The Balaban J connectivity index is 1.38. The van der Waals surface area contributed by atoms with Gasteiger partial charge in [0, 0.05) is 52.1 Å². The monoisotopic (exact) mass is 747 g/mol. The lowest BCUT2D eigenvalue weighted by molar-refractivity contribution is 0.414. The van der Waals surface area contributed by atoms with Crippen LogP contribution in [0.5, 0.6) is 23.0 Å². The van der Waals surface area contributed by atoms with Gasteiger partial charge in [0.05, 0.1) is 51.2 Å². The Bertz CT molecular complexity index is 3000. The molecule has 0 radical (unpaired) electrons. The molecule has 2 aliphatic heterocycles. The first-order chi connectivity index (χ1) is 28.4. The van der Waals surface area contributed by atoms with Gasteiger partial charge >= 0.3 is 0 Å². The summed E-state index contributed by atoms with van der Waals surface area (Å²) in [4.78, 5) is 18.4. The minimum absolute atomic E-state index is 0.694. The van der Waals surface area contributed by atoms with E-state index in [1.54, 1.807) is 28.4 Å². The summed E-state index contributed by atoms with van der Waals surface area (Å²) in [5.41, 5.74) is 15.8. The molecule has 3 aliphatic rings. The molecular formula is C49H38N4O4. The van der Waals surface area contributed by atoms with Gasteiger partial charge < -0.3 is 28.9 Å². The molecule has 1 atom stereocenters. The summed E-state index contributed by atoms with van der Waals surface area (Å²) in [6.07, 6.45) is 5.55. The predicted molar refractivity (Wildman–Crippen MR) is 229 cm³/mol. The van der Waals surface area contributed by atoms with Crippen molar-refractivity contribution in [2.45, 2.75) is 6.40 Å². The summed E-state index contributed by atoms with van der Waals surface area (Å²) in [6, 6.07) is 38.5. The first kappa shape index (κ1) is 33.1. The number of ether oxygens (including phenoxy) is 4. The van der Waals surface area contributed by atoms with E-state index in [1.807, 2.05) is 54.6 Å². The van der Waals surface area contributed by atoms with E-state index >= 15 is 0 Å². The number of nitrogens with zero attached hydrogens (tertiary/aromatic N) is 2. The number of H-pyrrole nitrogens is 2. The molecule has 278 valence electrons. The number of allylic oxidation sites excluding steroid dienone is 1. The number of aromatic nitrogens is 4. The molecule has 0 fully saturated rings. The summed E-state index contributed by atoms with van der Waals surface area (Å²) < 4.78 is 32.0. The van der Waals surface area contributed by atoms with Gasteiger partial charge in [-0.3, -0.25) is 0 Å². The number of hydrogen-bond donors (Lipinski definition) is 2. The Hall–Kier alpha value is -7.32. The number of methoxy groups -OCH3 is 4. The van der Waals surface area contributed by atoms with Crippen molar-refractivity contribution in [2.24, 2.45) is 0 Å². The summed E-state index contributed by atoms with van der Waals surface area (Å²) >= 11 is 0. The highest BCUT2D eigenvalue weighted by molar-refractivity contribution is 6.04. The summed E-state index contributed by atoms with van der Waals surface area (Å²) in [5.74, 6) is 2.99. The van der Waals surface area contributed by atoms with Crippen LogP contribution in [-0.2, 0) is 6.40 Å². The van der Waals surface area contributed by atoms with Gasteiger partial charge in [-0.05, 0) is 124 Å². The smallest absolute Gasteiger partial charge is 0.119 e. The lowest BCUT2D eigenvalue weighted by Gasteiger charge is -2.19. The first-order valence-corrected chi connectivity index (χ1v) is 18.7. The molecule has 0 spiro atoms. The topological polar surface area (TPSA) is 94.3 Å². The van der Waals surface area contributed by atoms with Crippen LogP contribution in [0.15, 0.2) is 115 Å². The fourth-order valence-corrected chi connectivity index (χ4v) is 8.07. The van der Waals surface area contributed by atoms with Crippen molar-refractivity contribution in [2.75, 3.05) is 28.4 Å². The number of rotatable bonds is 7. The molecule has 1 aliphatic carbocycles. The highest BCUT2D eigenvalue weighted by Gasteiger charge is 2.27. The van der Waals surface area contributed by atoms with E-state index in [-0.39, 0.29) is 0 Å². The minimum atomic E-state index is -0.694. The van der Waals surface area contributed by atoms with E-state index in [2.05, 4.69) is 88.9 Å². The standard InChI is InChI=1S/C49H38N4O4/c1-54-33-11-5-28(6-12-33)45-38-19-20-39(50-38)46(29-7-13-34(55-2)14-8-29)41-23-24-43(52-41)48-37-18-17-36(57-4)26-31(37)25-32-27-44(53-49(32)48)47(42-22-21-40(45)51-42)30-9-15-35(56-3)16-10-30/h5-24,26-27,51-52H,25H2,1-4H3/i25D. The molecular weight excluding hydrogens is 709 g/mol. The molecule has 57 heavy (non-hydrogen) atoms. The van der Waals surface area contributed by atoms with Crippen molar-refractivity contribution in [3.05, 3.63) is 144 Å². The quantitative estimate of drug-likeness (QED) is 0.169. The molecule has 0 saturated heterocycles. The van der Waals surface area contributed by atoms with Crippen LogP contribution in [0.2, 0.25) is 0 Å². The second-order valence-electron chi connectivity index (χ2n) is 14.0. The van der Waals surface area contributed by atoms with Gasteiger partial charge in [-0.15, -0.1) is 0 Å². The maximum atomic E-state index is 9.67. The Morgan fingerprint density at radius 3 is 1.35 bits per heavy atom. The van der Waals surface area contributed by atoms with Gasteiger partial charge in [-0.25, -0.2) is 9.97 Å². The van der Waals surface area contributed by atoms with Crippen LogP contribution in [-0.4, -0.2) is 48.4 Å². The second-order valence-corrected chi connectivity index (χ2v) is 14.0. The zero-order valence-electron chi connectivity index (χ0n) is 32.8. The largest absolute Gasteiger partial charge is 0.497 e. The van der Waals surface area contributed by atoms with E-state index < -0.39 is 6.40 Å². The van der Waals surface area contributed by atoms with Gasteiger partial charge in [0.25, 0.3) is 0 Å². The molecule has 8 bridgehead atoms. The van der Waals surface area contributed by atoms with Crippen LogP contribution >= 0.6 is 0 Å². The number of aromatic amines is 2. The third kappa shape index (κ3) is 5.85. The SMILES string of the molecule is [2H]C1C2=Cc3nc2c(c2ccc([nH]2)c(-c2ccc(OC)cc2)c2nc(c(-c4ccc(OC)cc4)c4ccc([nH]4)c3-c3ccc(OC)cc3)C=C2)-c2ccc(OC)cc21. The van der Waals surface area contributed by atoms with Crippen molar-refractivity contribution in [1.82, 2.24) is 19.9 Å². The first-order valence-electron chi connectivity index (χ1n) is 19.3. The third-order valence-electron chi connectivity index (χ3n) is 10.9. The lowest BCUT2D eigenvalue weighted by atomic mass is 9.85. The number of fused-ring (bicyclic) bond motifs is 10. The molecule has 2 N–H and O–H groups in total. The van der Waals surface area contributed by atoms with Gasteiger partial charge in [0.1, 0.15) is 23.0 Å². The maximum absolute atomic E-state index is 9.67. The van der Waals surface area contributed by atoms with E-state index in [0.717, 1.165) is 118 Å². The fourth-order valence-electron chi connectivity index (χ4n) is 8.07. The number of hydrogen-bond acceptors (Lipinski definition) is 6. The summed E-state index contributed by atoms with van der Waals surface area (Å²) in [6.45, 7) is 0. The Morgan fingerprint density at radius 2 is 0.895 bits per heavy atom. The van der Waals surface area contributed by atoms with Crippen LogP contribution in [0.3, 0.4) is 0 Å². The van der Waals surface area contributed by atoms with Crippen molar-refractivity contribution in [1.29, 1.82) is 0 Å². The lowest BCUT2D eigenvalue weighted by Crippen LogP contribution is -2.03. The van der Waals surface area contributed by atoms with Crippen molar-refractivity contribution in [3.8, 4) is 67.5 Å². The molecule has 8 nitrogen and oxygen atoms in total. The van der Waals surface area contributed by atoms with Crippen molar-refractivity contribution < 1.29 is 20.3 Å². The average molecular weight is 748 g/mol. The Morgan fingerprint density at radius 1 is 0.474 bits per heavy atom. The molecule has 1 unspecified atom stereocenters. The summed E-state index contributed by atoms with van der Waals surface area (Å²) in [5, 5.41) is 0. The highest BCUT2D eigenvalue weighted by Crippen LogP contribution is 2.46. The van der Waals surface area contributed by atoms with Crippen LogP contribution in [0, 0.1) is 0 Å². The Kier molecular flexibility index (Phi) is 7.98. The van der Waals surface area contributed by atoms with E-state index in [0.29, 0.717) is 5.75 Å². The molecule has 0 saturated carbocycles. The third-order valence-corrected chi connectivity index (χ3v) is 10.9. The van der Waals surface area contributed by atoms with Gasteiger partial charge in [-0.1, -0.05) is 42.5 Å². The van der Waals surface area contributed by atoms with Crippen LogP contribution in [0.4, 0.5) is 0 Å². The maximum Gasteiger partial charge on any atom is 0.119 e. The van der Waals surface area contributed by atoms with Crippen molar-refractivity contribution in [3.63, 3.8) is 0 Å². The van der Waals surface area contributed by atoms with Gasteiger partial charge in [0.2, 0.25) is 0 Å². The fraction of sp³-hybridized carbons (Fsp3) is 0.102. The van der Waals surface area contributed by atoms with E-state index in [1.165, 1.54) is 0 Å². The van der Waals surface area contributed by atoms with Crippen molar-refractivity contribution >= 4 is 45.9 Å². The van der Waals surface area contributed by atoms with Gasteiger partial charge in [-0.2, -0.15) is 0 Å². The molecule has 0 amide bonds. The molecule has 10 rings (SSSR count). The zero-order valence-corrected chi connectivity index (χ0v) is 31.8. The number of benzene rings is 4. The average Bonchev–Trinajstić information content (AvgIpc) is 4.11. The highest BCUT2D eigenvalue weighted by atomic mass is 16.5. The Labute approximate surface area is 331 Å². The van der Waals surface area contributed by atoms with E-state index in [9.17, 15) is 1.37 Å². The minimum Gasteiger partial charge on any atom is -0.497 e. The van der Waals surface area contributed by atoms with Crippen LogP contribution < -0.4 is 18.9 Å². The molecule has 4 aromatic carbocycles. The van der Waals surface area contributed by atoms with Crippen LogP contribution in [0.1, 0.15) is 29.7 Å². The molecule has 3 aromatic heterocycles. The molecule has 7 aromatic rings. The van der Waals surface area contributed by atoms with Gasteiger partial charge in [0.15, 0.2) is 0 Å². The van der Waals surface area contributed by atoms with Crippen LogP contribution in [0.25, 0.3) is 90.4 Å². The second kappa shape index (κ2) is 13.8. The van der Waals surface area contributed by atoms with E-state index in [4.69, 9.17) is 28.9 Å².